The molecular formula is C17H26N2O2. The first-order valence-corrected chi connectivity index (χ1v) is 7.89. The van der Waals surface area contributed by atoms with Crippen LogP contribution in [0.15, 0.2) is 24.3 Å². The van der Waals surface area contributed by atoms with Crippen LogP contribution in [-0.4, -0.2) is 43.7 Å². The van der Waals surface area contributed by atoms with E-state index in [1.54, 1.807) is 0 Å². The van der Waals surface area contributed by atoms with Crippen LogP contribution < -0.4 is 5.32 Å². The largest absolute Gasteiger partial charge is 0.379 e. The Morgan fingerprint density at radius 3 is 2.57 bits per heavy atom. The number of carbonyl (C=O) groups is 1. The summed E-state index contributed by atoms with van der Waals surface area (Å²) in [7, 11) is 0. The fourth-order valence-corrected chi connectivity index (χ4v) is 2.32. The van der Waals surface area contributed by atoms with E-state index < -0.39 is 0 Å². The summed E-state index contributed by atoms with van der Waals surface area (Å²) in [5.41, 5.74) is 2.19. The van der Waals surface area contributed by atoms with Gasteiger partial charge in [-0.2, -0.15) is 0 Å². The van der Waals surface area contributed by atoms with Crippen LogP contribution in [-0.2, 0) is 16.0 Å². The first-order valence-electron chi connectivity index (χ1n) is 7.89. The number of rotatable bonds is 6. The van der Waals surface area contributed by atoms with Gasteiger partial charge in [-0.25, -0.2) is 0 Å². The molecule has 21 heavy (non-hydrogen) atoms. The van der Waals surface area contributed by atoms with Gasteiger partial charge in [0.25, 0.3) is 0 Å². The molecule has 1 atom stereocenters. The number of ether oxygens (including phenoxy) is 1. The van der Waals surface area contributed by atoms with Crippen molar-refractivity contribution in [3.05, 3.63) is 29.8 Å². The zero-order valence-electron chi connectivity index (χ0n) is 13.1. The molecule has 1 saturated heterocycles. The van der Waals surface area contributed by atoms with Gasteiger partial charge in [0.1, 0.15) is 0 Å². The van der Waals surface area contributed by atoms with Gasteiger partial charge in [-0.1, -0.05) is 26.0 Å². The van der Waals surface area contributed by atoms with Crippen LogP contribution in [0.2, 0.25) is 0 Å². The molecule has 1 amide bonds. The zero-order chi connectivity index (χ0) is 15.1. The molecule has 116 valence electrons. The average molecular weight is 290 g/mol. The maximum atomic E-state index is 11.8. The fraction of sp³-hybridized carbons (Fsp3) is 0.588. The highest BCUT2D eigenvalue weighted by molar-refractivity contribution is 5.92. The van der Waals surface area contributed by atoms with Crippen molar-refractivity contribution in [3.63, 3.8) is 0 Å². The van der Waals surface area contributed by atoms with Gasteiger partial charge in [0.15, 0.2) is 0 Å². The lowest BCUT2D eigenvalue weighted by Gasteiger charge is -2.26. The molecule has 0 bridgehead atoms. The summed E-state index contributed by atoms with van der Waals surface area (Å²) in [4.78, 5) is 14.3. The number of nitrogens with zero attached hydrogens (tertiary/aromatic N) is 1. The number of carbonyl (C=O) groups excluding carboxylic acids is 1. The molecule has 1 aliphatic heterocycles. The minimum absolute atomic E-state index is 0.0611. The Balaban J connectivity index is 1.79. The van der Waals surface area contributed by atoms with E-state index in [9.17, 15) is 4.79 Å². The predicted octanol–water partition coefficient (Wildman–Crippen LogP) is 2.55. The van der Waals surface area contributed by atoms with E-state index in [0.29, 0.717) is 0 Å². The van der Waals surface area contributed by atoms with Crippen LogP contribution in [0, 0.1) is 5.92 Å². The third-order valence-corrected chi connectivity index (χ3v) is 4.10. The molecule has 1 aromatic carbocycles. The Morgan fingerprint density at radius 1 is 1.29 bits per heavy atom. The minimum Gasteiger partial charge on any atom is -0.379 e. The maximum Gasteiger partial charge on any atom is 0.227 e. The van der Waals surface area contributed by atoms with Gasteiger partial charge < -0.3 is 10.1 Å². The minimum atomic E-state index is 0.0611. The van der Waals surface area contributed by atoms with Crippen molar-refractivity contribution in [1.82, 2.24) is 4.90 Å². The molecule has 2 rings (SSSR count). The van der Waals surface area contributed by atoms with Crippen molar-refractivity contribution in [2.24, 2.45) is 5.92 Å². The summed E-state index contributed by atoms with van der Waals surface area (Å²) in [5, 5.41) is 2.96. The number of amides is 1. The van der Waals surface area contributed by atoms with Crippen molar-refractivity contribution in [2.75, 3.05) is 38.2 Å². The Kier molecular flexibility index (Phi) is 6.21. The standard InChI is InChI=1S/C17H26N2O2/c1-3-14(2)17(20)18-16-6-4-15(5-7-16)8-9-19-10-12-21-13-11-19/h4-7,14H,3,8-13H2,1-2H3,(H,18,20)/t14-/m1/s1. The lowest BCUT2D eigenvalue weighted by atomic mass is 10.1. The number of hydrogen-bond acceptors (Lipinski definition) is 3. The highest BCUT2D eigenvalue weighted by Gasteiger charge is 2.11. The zero-order valence-corrected chi connectivity index (χ0v) is 13.1. The predicted molar refractivity (Wildman–Crippen MR) is 85.5 cm³/mol. The van der Waals surface area contributed by atoms with Crippen LogP contribution >= 0.6 is 0 Å². The molecule has 1 aliphatic rings. The van der Waals surface area contributed by atoms with Gasteiger partial charge in [0.05, 0.1) is 13.2 Å². The Hall–Kier alpha value is -1.39. The maximum absolute atomic E-state index is 11.8. The molecule has 1 heterocycles. The van der Waals surface area contributed by atoms with E-state index in [1.807, 2.05) is 26.0 Å². The van der Waals surface area contributed by atoms with Gasteiger partial charge in [0.2, 0.25) is 5.91 Å². The Labute approximate surface area is 127 Å². The van der Waals surface area contributed by atoms with Crippen molar-refractivity contribution >= 4 is 11.6 Å². The van der Waals surface area contributed by atoms with Crippen molar-refractivity contribution in [1.29, 1.82) is 0 Å². The monoisotopic (exact) mass is 290 g/mol. The first-order chi connectivity index (χ1) is 10.2. The lowest BCUT2D eigenvalue weighted by Crippen LogP contribution is -2.37. The molecule has 0 aromatic heterocycles. The first kappa shape index (κ1) is 16.0. The Morgan fingerprint density at radius 2 is 1.95 bits per heavy atom. The van der Waals surface area contributed by atoms with E-state index in [0.717, 1.165) is 51.4 Å². The third-order valence-electron chi connectivity index (χ3n) is 4.10. The van der Waals surface area contributed by atoms with E-state index >= 15 is 0 Å². The number of anilines is 1. The number of benzene rings is 1. The van der Waals surface area contributed by atoms with Crippen LogP contribution in [0.25, 0.3) is 0 Å². The highest BCUT2D eigenvalue weighted by Crippen LogP contribution is 2.13. The van der Waals surface area contributed by atoms with Gasteiger partial charge in [-0.3, -0.25) is 9.69 Å². The molecule has 0 aliphatic carbocycles. The number of morpholine rings is 1. The van der Waals surface area contributed by atoms with Crippen LogP contribution in [0.4, 0.5) is 5.69 Å². The molecule has 0 radical (unpaired) electrons. The van der Waals surface area contributed by atoms with Crippen LogP contribution in [0.1, 0.15) is 25.8 Å². The molecule has 0 unspecified atom stereocenters. The van der Waals surface area contributed by atoms with E-state index in [1.165, 1.54) is 5.56 Å². The molecule has 0 spiro atoms. The second-order valence-electron chi connectivity index (χ2n) is 5.70. The molecule has 1 aromatic rings. The summed E-state index contributed by atoms with van der Waals surface area (Å²) < 4.78 is 5.35. The topological polar surface area (TPSA) is 41.6 Å². The molecule has 4 nitrogen and oxygen atoms in total. The average Bonchev–Trinajstić information content (AvgIpc) is 2.54. The van der Waals surface area contributed by atoms with Gasteiger partial charge in [-0.15, -0.1) is 0 Å². The second kappa shape index (κ2) is 8.15. The number of nitrogens with one attached hydrogen (secondary N) is 1. The van der Waals surface area contributed by atoms with Gasteiger partial charge >= 0.3 is 0 Å². The van der Waals surface area contributed by atoms with Crippen molar-refractivity contribution in [2.45, 2.75) is 26.7 Å². The lowest BCUT2D eigenvalue weighted by molar-refractivity contribution is -0.119. The van der Waals surface area contributed by atoms with E-state index in [-0.39, 0.29) is 11.8 Å². The van der Waals surface area contributed by atoms with E-state index in [2.05, 4.69) is 22.3 Å². The van der Waals surface area contributed by atoms with Crippen molar-refractivity contribution < 1.29 is 9.53 Å². The van der Waals surface area contributed by atoms with Gasteiger partial charge in [-0.05, 0) is 30.5 Å². The van der Waals surface area contributed by atoms with Crippen LogP contribution in [0.3, 0.4) is 0 Å². The normalized spacial score (nSPS) is 17.4. The summed E-state index contributed by atoms with van der Waals surface area (Å²) in [6.45, 7) is 8.81. The quantitative estimate of drug-likeness (QED) is 0.875. The SMILES string of the molecule is CC[C@@H](C)C(=O)Nc1ccc(CCN2CCOCC2)cc1. The van der Waals surface area contributed by atoms with E-state index in [4.69, 9.17) is 4.74 Å². The summed E-state index contributed by atoms with van der Waals surface area (Å²) in [5.74, 6) is 0.157. The summed E-state index contributed by atoms with van der Waals surface area (Å²) >= 11 is 0. The smallest absolute Gasteiger partial charge is 0.227 e. The molecule has 1 fully saturated rings. The summed E-state index contributed by atoms with van der Waals surface area (Å²) in [6, 6.07) is 8.20. The second-order valence-corrected chi connectivity index (χ2v) is 5.70. The van der Waals surface area contributed by atoms with Crippen LogP contribution in [0.5, 0.6) is 0 Å². The molecular weight excluding hydrogens is 264 g/mol. The molecule has 0 saturated carbocycles. The Bertz CT molecular complexity index is 439. The molecule has 1 N–H and O–H groups in total. The fourth-order valence-electron chi connectivity index (χ4n) is 2.32. The number of hydrogen-bond donors (Lipinski definition) is 1. The van der Waals surface area contributed by atoms with Crippen molar-refractivity contribution in [3.8, 4) is 0 Å². The molecule has 4 heteroatoms. The van der Waals surface area contributed by atoms with Gasteiger partial charge in [0, 0.05) is 31.2 Å². The highest BCUT2D eigenvalue weighted by atomic mass is 16.5. The summed E-state index contributed by atoms with van der Waals surface area (Å²) in [6.07, 6.45) is 1.91. The third kappa shape index (κ3) is 5.14.